The third kappa shape index (κ3) is 4.75. The Morgan fingerprint density at radius 3 is 1.60 bits per heavy atom. The number of rotatable bonds is 6. The summed E-state index contributed by atoms with van der Waals surface area (Å²) in [6, 6.07) is 58.5. The number of nitrogens with zero attached hydrogens (tertiary/aromatic N) is 2. The van der Waals surface area contributed by atoms with Gasteiger partial charge in [0.15, 0.2) is 11.2 Å². The van der Waals surface area contributed by atoms with E-state index in [4.69, 9.17) is 13.8 Å². The van der Waals surface area contributed by atoms with E-state index in [2.05, 4.69) is 114 Å². The topological polar surface area (TPSA) is 42.4 Å². The fraction of sp³-hybridized carbons (Fsp3) is 0. The van der Waals surface area contributed by atoms with E-state index in [1.165, 1.54) is 16.7 Å². The normalized spacial score (nSPS) is 11.4. The van der Waals surface area contributed by atoms with Gasteiger partial charge in [-0.3, -0.25) is 0 Å². The minimum absolute atomic E-state index is 0.582. The molecule has 0 saturated heterocycles. The van der Waals surface area contributed by atoms with Gasteiger partial charge in [0, 0.05) is 22.3 Å². The van der Waals surface area contributed by atoms with Crippen LogP contribution < -0.4 is 4.90 Å². The van der Waals surface area contributed by atoms with Crippen LogP contribution in [0.4, 0.5) is 17.1 Å². The first-order chi connectivity index (χ1) is 23.3. The number of para-hydroxylation sites is 2. The van der Waals surface area contributed by atoms with Crippen molar-refractivity contribution in [2.75, 3.05) is 4.90 Å². The van der Waals surface area contributed by atoms with Crippen molar-refractivity contribution in [1.29, 1.82) is 0 Å². The van der Waals surface area contributed by atoms with Crippen molar-refractivity contribution >= 4 is 50.1 Å². The molecule has 0 aliphatic rings. The van der Waals surface area contributed by atoms with Crippen molar-refractivity contribution < 1.29 is 8.83 Å². The number of hydrogen-bond donors (Lipinski definition) is 0. The molecule has 0 amide bonds. The fourth-order valence-corrected chi connectivity index (χ4v) is 6.42. The van der Waals surface area contributed by atoms with E-state index in [9.17, 15) is 0 Å². The van der Waals surface area contributed by atoms with Gasteiger partial charge in [0.05, 0.1) is 11.1 Å². The summed E-state index contributed by atoms with van der Waals surface area (Å²) < 4.78 is 13.1. The molecule has 2 aromatic heterocycles. The van der Waals surface area contributed by atoms with Crippen LogP contribution in [0.1, 0.15) is 0 Å². The second kappa shape index (κ2) is 11.2. The van der Waals surface area contributed by atoms with Crippen molar-refractivity contribution in [1.82, 2.24) is 4.98 Å². The van der Waals surface area contributed by atoms with Crippen LogP contribution >= 0.6 is 0 Å². The second-order valence-corrected chi connectivity index (χ2v) is 11.6. The summed E-state index contributed by atoms with van der Waals surface area (Å²) in [5.41, 5.74) is 11.6. The van der Waals surface area contributed by atoms with Crippen molar-refractivity contribution in [3.05, 3.63) is 170 Å². The molecule has 9 aromatic rings. The van der Waals surface area contributed by atoms with Gasteiger partial charge in [0.2, 0.25) is 5.89 Å². The second-order valence-electron chi connectivity index (χ2n) is 11.6. The Balaban J connectivity index is 1.20. The lowest BCUT2D eigenvalue weighted by Gasteiger charge is -2.25. The Hall–Kier alpha value is -6.39. The Labute approximate surface area is 271 Å². The average Bonchev–Trinajstić information content (AvgIpc) is 3.76. The molecular weight excluding hydrogens is 576 g/mol. The molecule has 9 rings (SSSR count). The van der Waals surface area contributed by atoms with E-state index in [-0.39, 0.29) is 0 Å². The highest BCUT2D eigenvalue weighted by Crippen LogP contribution is 2.46. The lowest BCUT2D eigenvalue weighted by molar-refractivity contribution is 0.622. The van der Waals surface area contributed by atoms with Gasteiger partial charge in [-0.15, -0.1) is 0 Å². The van der Waals surface area contributed by atoms with Crippen LogP contribution in [0.3, 0.4) is 0 Å². The maximum absolute atomic E-state index is 6.64. The van der Waals surface area contributed by atoms with Gasteiger partial charge in [0.1, 0.15) is 11.1 Å². The molecule has 2 heterocycles. The zero-order valence-electron chi connectivity index (χ0n) is 25.4. The van der Waals surface area contributed by atoms with Crippen LogP contribution in [0, 0.1) is 0 Å². The van der Waals surface area contributed by atoms with E-state index in [0.717, 1.165) is 61.2 Å². The van der Waals surface area contributed by atoms with Crippen molar-refractivity contribution in [3.63, 3.8) is 0 Å². The predicted molar refractivity (Wildman–Crippen MR) is 192 cm³/mol. The Bertz CT molecular complexity index is 2480. The van der Waals surface area contributed by atoms with Crippen LogP contribution in [0.25, 0.3) is 66.7 Å². The van der Waals surface area contributed by atoms with Gasteiger partial charge < -0.3 is 13.7 Å². The van der Waals surface area contributed by atoms with Gasteiger partial charge in [-0.2, -0.15) is 0 Å². The maximum Gasteiger partial charge on any atom is 0.227 e. The summed E-state index contributed by atoms with van der Waals surface area (Å²) in [6.07, 6.45) is 0. The van der Waals surface area contributed by atoms with Gasteiger partial charge in [0.25, 0.3) is 0 Å². The molecule has 4 nitrogen and oxygen atoms in total. The van der Waals surface area contributed by atoms with Crippen LogP contribution in [0.5, 0.6) is 0 Å². The predicted octanol–water partition coefficient (Wildman–Crippen LogP) is 12.2. The minimum atomic E-state index is 0.582. The maximum atomic E-state index is 6.64. The third-order valence-corrected chi connectivity index (χ3v) is 8.71. The lowest BCUT2D eigenvalue weighted by atomic mass is 10.00. The molecule has 0 spiro atoms. The third-order valence-electron chi connectivity index (χ3n) is 8.71. The zero-order valence-corrected chi connectivity index (χ0v) is 25.4. The average molecular weight is 605 g/mol. The minimum Gasteiger partial charge on any atom is -0.454 e. The molecule has 0 N–H and O–H groups in total. The molecule has 222 valence electrons. The molecule has 0 saturated carbocycles. The highest BCUT2D eigenvalue weighted by atomic mass is 16.4. The largest absolute Gasteiger partial charge is 0.454 e. The van der Waals surface area contributed by atoms with Crippen molar-refractivity contribution in [3.8, 4) is 33.7 Å². The van der Waals surface area contributed by atoms with E-state index < -0.39 is 0 Å². The van der Waals surface area contributed by atoms with Gasteiger partial charge in [-0.25, -0.2) is 4.98 Å². The van der Waals surface area contributed by atoms with Crippen molar-refractivity contribution in [2.45, 2.75) is 0 Å². The number of furan rings is 1. The Morgan fingerprint density at radius 2 is 0.936 bits per heavy atom. The van der Waals surface area contributed by atoms with Gasteiger partial charge in [-0.1, -0.05) is 121 Å². The number of hydrogen-bond acceptors (Lipinski definition) is 4. The SMILES string of the molecule is c1ccc(-c2ccc(-c3ccc(N(c4ccccc4)c4cc5nc(-c6ccccc6)oc5c5c4oc4ccccc45)cc3)cc2)cc1. The molecule has 0 bridgehead atoms. The van der Waals surface area contributed by atoms with Crippen LogP contribution in [0.15, 0.2) is 179 Å². The molecule has 4 heteroatoms. The van der Waals surface area contributed by atoms with Crippen LogP contribution in [-0.2, 0) is 0 Å². The summed E-state index contributed by atoms with van der Waals surface area (Å²) in [4.78, 5) is 7.24. The molecule has 0 aliphatic heterocycles. The molecule has 47 heavy (non-hydrogen) atoms. The number of anilines is 3. The molecule has 7 aromatic carbocycles. The monoisotopic (exact) mass is 604 g/mol. The van der Waals surface area contributed by atoms with Crippen LogP contribution in [0.2, 0.25) is 0 Å². The lowest BCUT2D eigenvalue weighted by Crippen LogP contribution is -2.10. The van der Waals surface area contributed by atoms with Gasteiger partial charge >= 0.3 is 0 Å². The highest BCUT2D eigenvalue weighted by molar-refractivity contribution is 6.20. The molecule has 0 unspecified atom stereocenters. The quantitative estimate of drug-likeness (QED) is 0.189. The molecule has 0 fully saturated rings. The summed E-state index contributed by atoms with van der Waals surface area (Å²) in [6.45, 7) is 0. The van der Waals surface area contributed by atoms with E-state index in [1.54, 1.807) is 0 Å². The first-order valence-corrected chi connectivity index (χ1v) is 15.7. The number of benzene rings is 7. The van der Waals surface area contributed by atoms with E-state index in [1.807, 2.05) is 60.7 Å². The Morgan fingerprint density at radius 1 is 0.426 bits per heavy atom. The summed E-state index contributed by atoms with van der Waals surface area (Å²) >= 11 is 0. The summed E-state index contributed by atoms with van der Waals surface area (Å²) in [5, 5.41) is 1.91. The highest BCUT2D eigenvalue weighted by Gasteiger charge is 2.24. The smallest absolute Gasteiger partial charge is 0.227 e. The molecule has 0 atom stereocenters. The van der Waals surface area contributed by atoms with E-state index in [0.29, 0.717) is 5.89 Å². The summed E-state index contributed by atoms with van der Waals surface area (Å²) in [7, 11) is 0. The summed E-state index contributed by atoms with van der Waals surface area (Å²) in [5.74, 6) is 0.582. The van der Waals surface area contributed by atoms with E-state index >= 15 is 0 Å². The van der Waals surface area contributed by atoms with Gasteiger partial charge in [-0.05, 0) is 70.8 Å². The molecular formula is C43H28N2O2. The number of aromatic nitrogens is 1. The van der Waals surface area contributed by atoms with Crippen LogP contribution in [-0.4, -0.2) is 4.98 Å². The standard InChI is InChI=1S/C43H28N2O2/c1-4-12-29(13-5-1)30-20-22-31(23-21-30)32-24-26-35(27-25-32)45(34-16-8-3-9-17-34)38-28-37-41(47-43(44-37)33-14-6-2-7-15-33)40-36-18-10-11-19-39(36)46-42(38)40/h1-28H. The number of oxazole rings is 1. The first kappa shape index (κ1) is 27.0. The Kier molecular flexibility index (Phi) is 6.43. The number of fused-ring (bicyclic) bond motifs is 5. The zero-order chi connectivity index (χ0) is 31.2. The molecule has 0 radical (unpaired) electrons. The first-order valence-electron chi connectivity index (χ1n) is 15.7. The molecule has 0 aliphatic carbocycles. The van der Waals surface area contributed by atoms with Crippen molar-refractivity contribution in [2.24, 2.45) is 0 Å². The fourth-order valence-electron chi connectivity index (χ4n) is 6.42.